The first kappa shape index (κ1) is 14.8. The van der Waals surface area contributed by atoms with Crippen LogP contribution in [0.3, 0.4) is 0 Å². The second-order valence-corrected chi connectivity index (χ2v) is 3.72. The van der Waals surface area contributed by atoms with Crippen LogP contribution in [0.15, 0.2) is 24.3 Å². The minimum atomic E-state index is -0.934. The van der Waals surface area contributed by atoms with Crippen molar-refractivity contribution in [1.82, 2.24) is 0 Å². The maximum Gasteiger partial charge on any atom is 0.330 e. The van der Waals surface area contributed by atoms with Crippen LogP contribution in [0.4, 0.5) is 0 Å². The number of carbonyl (C=O) groups excluding carboxylic acids is 1. The van der Waals surface area contributed by atoms with Crippen LogP contribution in [0.5, 0.6) is 5.75 Å². The Labute approximate surface area is 111 Å². The molecule has 1 aromatic rings. The molecule has 0 saturated carbocycles. The molecule has 5 heteroatoms. The second kappa shape index (κ2) is 7.20. The number of carbonyl (C=O) groups is 2. The fraction of sp³-hybridized carbons (Fsp3) is 0.286. The van der Waals surface area contributed by atoms with E-state index in [9.17, 15) is 9.59 Å². The second-order valence-electron chi connectivity index (χ2n) is 3.72. The maximum absolute atomic E-state index is 11.2. The number of carboxylic acid groups (broad SMARTS) is 1. The molecule has 102 valence electrons. The minimum Gasteiger partial charge on any atom is -0.497 e. The highest BCUT2D eigenvalue weighted by atomic mass is 16.5. The topological polar surface area (TPSA) is 72.8 Å². The van der Waals surface area contributed by atoms with E-state index < -0.39 is 11.9 Å². The Morgan fingerprint density at radius 3 is 2.68 bits per heavy atom. The van der Waals surface area contributed by atoms with E-state index in [0.717, 1.165) is 0 Å². The summed E-state index contributed by atoms with van der Waals surface area (Å²) in [5, 5.41) is 8.83. The Morgan fingerprint density at radius 2 is 2.11 bits per heavy atom. The van der Waals surface area contributed by atoms with Crippen LogP contribution in [0.1, 0.15) is 18.1 Å². The lowest BCUT2D eigenvalue weighted by Crippen LogP contribution is -2.03. The van der Waals surface area contributed by atoms with Gasteiger partial charge >= 0.3 is 11.9 Å². The van der Waals surface area contributed by atoms with E-state index in [2.05, 4.69) is 0 Å². The van der Waals surface area contributed by atoms with Crippen LogP contribution in [0, 0.1) is 0 Å². The molecule has 0 saturated heterocycles. The van der Waals surface area contributed by atoms with Crippen LogP contribution in [0.25, 0.3) is 6.08 Å². The van der Waals surface area contributed by atoms with Crippen molar-refractivity contribution in [2.45, 2.75) is 13.3 Å². The maximum atomic E-state index is 11.2. The number of rotatable bonds is 6. The molecule has 1 rings (SSSR count). The van der Waals surface area contributed by atoms with Gasteiger partial charge in [0.2, 0.25) is 0 Å². The molecule has 0 radical (unpaired) electrons. The molecular formula is C14H16O5. The van der Waals surface area contributed by atoms with Gasteiger partial charge in [0.1, 0.15) is 5.75 Å². The molecule has 0 aliphatic carbocycles. The zero-order valence-electron chi connectivity index (χ0n) is 10.9. The van der Waals surface area contributed by atoms with Crippen molar-refractivity contribution in [3.8, 4) is 5.75 Å². The summed E-state index contributed by atoms with van der Waals surface area (Å²) in [6.45, 7) is 2.01. The molecule has 0 fully saturated rings. The van der Waals surface area contributed by atoms with Crippen LogP contribution in [-0.2, 0) is 20.7 Å². The molecule has 0 atom stereocenters. The van der Waals surface area contributed by atoms with Crippen molar-refractivity contribution in [3.05, 3.63) is 35.4 Å². The quantitative estimate of drug-likeness (QED) is 0.627. The number of methoxy groups -OCH3 is 1. The first-order valence-electron chi connectivity index (χ1n) is 5.80. The lowest BCUT2D eigenvalue weighted by molar-refractivity contribution is -0.137. The fourth-order valence-corrected chi connectivity index (χ4v) is 1.53. The third-order valence-electron chi connectivity index (χ3n) is 2.38. The van der Waals surface area contributed by atoms with Crippen LogP contribution >= 0.6 is 0 Å². The van der Waals surface area contributed by atoms with Crippen molar-refractivity contribution >= 4 is 18.0 Å². The molecular weight excluding hydrogens is 248 g/mol. The van der Waals surface area contributed by atoms with Gasteiger partial charge in [-0.2, -0.15) is 0 Å². The van der Waals surface area contributed by atoms with E-state index in [0.29, 0.717) is 23.5 Å². The first-order chi connectivity index (χ1) is 9.06. The third kappa shape index (κ3) is 4.83. The van der Waals surface area contributed by atoms with E-state index in [1.54, 1.807) is 25.1 Å². The lowest BCUT2D eigenvalue weighted by atomic mass is 10.0. The largest absolute Gasteiger partial charge is 0.497 e. The number of ether oxygens (including phenoxy) is 2. The number of benzene rings is 1. The summed E-state index contributed by atoms with van der Waals surface area (Å²) >= 11 is 0. The van der Waals surface area contributed by atoms with Crippen LogP contribution in [0.2, 0.25) is 0 Å². The Hall–Kier alpha value is -2.30. The van der Waals surface area contributed by atoms with E-state index >= 15 is 0 Å². The van der Waals surface area contributed by atoms with Crippen molar-refractivity contribution in [2.75, 3.05) is 13.7 Å². The van der Waals surface area contributed by atoms with Gasteiger partial charge < -0.3 is 14.6 Å². The normalized spacial score (nSPS) is 10.4. The molecule has 19 heavy (non-hydrogen) atoms. The van der Waals surface area contributed by atoms with E-state index in [4.69, 9.17) is 14.6 Å². The molecule has 1 N–H and O–H groups in total. The van der Waals surface area contributed by atoms with Crippen molar-refractivity contribution in [3.63, 3.8) is 0 Å². The smallest absolute Gasteiger partial charge is 0.330 e. The summed E-state index contributed by atoms with van der Waals surface area (Å²) in [6, 6.07) is 5.02. The third-order valence-corrected chi connectivity index (χ3v) is 2.38. The summed E-state index contributed by atoms with van der Waals surface area (Å²) in [6.07, 6.45) is 2.68. The Morgan fingerprint density at radius 1 is 1.37 bits per heavy atom. The molecule has 0 bridgehead atoms. The van der Waals surface area contributed by atoms with E-state index in [1.807, 2.05) is 0 Å². The number of aliphatic carboxylic acids is 1. The van der Waals surface area contributed by atoms with Gasteiger partial charge in [0.15, 0.2) is 0 Å². The fourth-order valence-electron chi connectivity index (χ4n) is 1.53. The summed E-state index contributed by atoms with van der Waals surface area (Å²) < 4.78 is 9.84. The van der Waals surface area contributed by atoms with Gasteiger partial charge in [0, 0.05) is 6.08 Å². The molecule has 0 aromatic heterocycles. The predicted octanol–water partition coefficient (Wildman–Crippen LogP) is 1.90. The van der Waals surface area contributed by atoms with Gasteiger partial charge in [-0.05, 0) is 36.3 Å². The number of carboxylic acids is 1. The van der Waals surface area contributed by atoms with Crippen molar-refractivity contribution in [1.29, 1.82) is 0 Å². The monoisotopic (exact) mass is 264 g/mol. The molecule has 5 nitrogen and oxygen atoms in total. The molecule has 0 aliphatic heterocycles. The van der Waals surface area contributed by atoms with Crippen molar-refractivity contribution < 1.29 is 24.2 Å². The number of hydrogen-bond donors (Lipinski definition) is 1. The standard InChI is InChI=1S/C14H16O5/c1-3-19-14(17)7-5-10-8-12(18-2)6-4-11(10)9-13(15)16/h4-8H,3,9H2,1-2H3,(H,15,16). The van der Waals surface area contributed by atoms with Crippen molar-refractivity contribution in [2.24, 2.45) is 0 Å². The van der Waals surface area contributed by atoms with Gasteiger partial charge in [-0.1, -0.05) is 6.07 Å². The molecule has 0 spiro atoms. The Balaban J connectivity index is 3.00. The van der Waals surface area contributed by atoms with E-state index in [1.165, 1.54) is 19.3 Å². The summed E-state index contributed by atoms with van der Waals surface area (Å²) in [5.41, 5.74) is 1.23. The molecule has 0 heterocycles. The average Bonchev–Trinajstić information content (AvgIpc) is 2.37. The van der Waals surface area contributed by atoms with E-state index in [-0.39, 0.29) is 6.42 Å². The Kier molecular flexibility index (Phi) is 5.60. The lowest BCUT2D eigenvalue weighted by Gasteiger charge is -2.06. The number of hydrogen-bond acceptors (Lipinski definition) is 4. The minimum absolute atomic E-state index is 0.119. The zero-order chi connectivity index (χ0) is 14.3. The van der Waals surface area contributed by atoms with Gasteiger partial charge in [-0.15, -0.1) is 0 Å². The van der Waals surface area contributed by atoms with Gasteiger partial charge in [0.25, 0.3) is 0 Å². The first-order valence-corrected chi connectivity index (χ1v) is 5.80. The van der Waals surface area contributed by atoms with Gasteiger partial charge in [-0.25, -0.2) is 4.79 Å². The average molecular weight is 264 g/mol. The van der Waals surface area contributed by atoms with Gasteiger partial charge in [-0.3, -0.25) is 4.79 Å². The highest BCUT2D eigenvalue weighted by Crippen LogP contribution is 2.19. The molecule has 1 aromatic carbocycles. The summed E-state index contributed by atoms with van der Waals surface area (Å²) in [4.78, 5) is 22.0. The summed E-state index contributed by atoms with van der Waals surface area (Å²) in [5.74, 6) is -0.805. The highest BCUT2D eigenvalue weighted by molar-refractivity contribution is 5.87. The van der Waals surface area contributed by atoms with Gasteiger partial charge in [0.05, 0.1) is 20.1 Å². The Bertz CT molecular complexity index is 491. The molecule has 0 unspecified atom stereocenters. The summed E-state index contributed by atoms with van der Waals surface area (Å²) in [7, 11) is 1.52. The molecule has 0 amide bonds. The van der Waals surface area contributed by atoms with Crippen LogP contribution in [-0.4, -0.2) is 30.8 Å². The highest BCUT2D eigenvalue weighted by Gasteiger charge is 2.07. The SMILES string of the molecule is CCOC(=O)C=Cc1cc(OC)ccc1CC(=O)O. The predicted molar refractivity (Wildman–Crippen MR) is 70.0 cm³/mol. The number of esters is 1. The van der Waals surface area contributed by atoms with Crippen LogP contribution < -0.4 is 4.74 Å². The zero-order valence-corrected chi connectivity index (χ0v) is 10.9. The molecule has 0 aliphatic rings.